The zero-order valence-corrected chi connectivity index (χ0v) is 28.9. The summed E-state index contributed by atoms with van der Waals surface area (Å²) >= 11 is 13.9. The van der Waals surface area contributed by atoms with Crippen LogP contribution in [0, 0.1) is 11.8 Å². The molecule has 0 spiro atoms. The quantitative estimate of drug-likeness (QED) is 0.334. The van der Waals surface area contributed by atoms with Crippen LogP contribution >= 0.6 is 35.0 Å². The number of carbonyl (C=O) groups excluding carboxylic acids is 2. The van der Waals surface area contributed by atoms with Gasteiger partial charge in [-0.05, 0) is 79.8 Å². The zero-order valence-electron chi connectivity index (χ0n) is 26.6. The summed E-state index contributed by atoms with van der Waals surface area (Å²) in [6, 6.07) is 13.5. The Balaban J connectivity index is 1.35. The Hall–Kier alpha value is -3.28. The highest BCUT2D eigenvalue weighted by Crippen LogP contribution is 2.56. The van der Waals surface area contributed by atoms with Crippen LogP contribution in [0.25, 0.3) is 0 Å². The van der Waals surface area contributed by atoms with Crippen LogP contribution in [0.5, 0.6) is 0 Å². The molecule has 0 radical (unpaired) electrons. The lowest BCUT2D eigenvalue weighted by Crippen LogP contribution is -2.50. The summed E-state index contributed by atoms with van der Waals surface area (Å²) in [5.41, 5.74) is 2.10. The number of aliphatic imine (C=N–C) groups is 1. The minimum atomic E-state index is -1.26. The van der Waals surface area contributed by atoms with Gasteiger partial charge >= 0.3 is 6.09 Å². The number of allylic oxidation sites excluding steroid dienone is 1. The van der Waals surface area contributed by atoms with Crippen molar-refractivity contribution in [1.29, 1.82) is 0 Å². The lowest BCUT2D eigenvalue weighted by molar-refractivity contribution is -0.142. The number of halogens is 3. The molecule has 6 rings (SSSR count). The average molecular weight is 703 g/mol. The molecule has 13 heteroatoms. The maximum atomic E-state index is 14.6. The third kappa shape index (κ3) is 5.99. The largest absolute Gasteiger partial charge is 0.465 e. The van der Waals surface area contributed by atoms with E-state index < -0.39 is 36.3 Å². The predicted octanol–water partition coefficient (Wildman–Crippen LogP) is 6.68. The standard InChI is InChI=1S/C34H38Cl2FN5O4S/c1-18(2)27-28(31(44)41-19(3)5-14-26(41)30(43)40-16-21(15-37)25(17-40)38-33(45)46)47-32-39-34(4,22-8-12-24(36)13-9-22)29(42(27)32)20-6-10-23(35)11-7-20/h6-13,18-19,21,25-26,29,38H,5,14-17H2,1-4H3,(H,45,46)/t19-,21-,25-,26+,29-,34+/m1/s1. The third-order valence-corrected chi connectivity index (χ3v) is 11.4. The summed E-state index contributed by atoms with van der Waals surface area (Å²) < 4.78 is 13.8. The fourth-order valence-electron chi connectivity index (χ4n) is 7.49. The van der Waals surface area contributed by atoms with Gasteiger partial charge in [-0.2, -0.15) is 0 Å². The molecule has 2 fully saturated rings. The van der Waals surface area contributed by atoms with Crippen molar-refractivity contribution < 1.29 is 23.9 Å². The van der Waals surface area contributed by atoms with Gasteiger partial charge in [-0.1, -0.05) is 61.3 Å². The molecule has 6 atom stereocenters. The molecule has 47 heavy (non-hydrogen) atoms. The number of carbonyl (C=O) groups is 3. The van der Waals surface area contributed by atoms with Gasteiger partial charge in [-0.25, -0.2) is 9.79 Å². The molecule has 4 aliphatic heterocycles. The monoisotopic (exact) mass is 701 g/mol. The highest BCUT2D eigenvalue weighted by molar-refractivity contribution is 8.18. The molecule has 250 valence electrons. The molecule has 0 bridgehead atoms. The van der Waals surface area contributed by atoms with Gasteiger partial charge in [-0.15, -0.1) is 0 Å². The number of amides is 3. The number of rotatable bonds is 7. The van der Waals surface area contributed by atoms with Gasteiger partial charge in [0, 0.05) is 40.8 Å². The molecule has 4 aliphatic rings. The van der Waals surface area contributed by atoms with E-state index in [0.717, 1.165) is 16.8 Å². The number of carboxylic acid groups (broad SMARTS) is 1. The van der Waals surface area contributed by atoms with Crippen LogP contribution in [-0.4, -0.2) is 80.8 Å². The van der Waals surface area contributed by atoms with Crippen molar-refractivity contribution >= 4 is 58.0 Å². The van der Waals surface area contributed by atoms with Crippen LogP contribution in [0.15, 0.2) is 64.1 Å². The Morgan fingerprint density at radius 1 is 1.06 bits per heavy atom. The first-order valence-corrected chi connectivity index (χ1v) is 17.4. The molecule has 2 aromatic carbocycles. The van der Waals surface area contributed by atoms with E-state index in [9.17, 15) is 23.9 Å². The second-order valence-corrected chi connectivity index (χ2v) is 15.1. The summed E-state index contributed by atoms with van der Waals surface area (Å²) in [5, 5.41) is 13.5. The highest BCUT2D eigenvalue weighted by atomic mass is 35.5. The first kappa shape index (κ1) is 33.6. The number of alkyl halides is 1. The van der Waals surface area contributed by atoms with Crippen LogP contribution in [0.3, 0.4) is 0 Å². The maximum Gasteiger partial charge on any atom is 0.404 e. The molecule has 0 aromatic heterocycles. The van der Waals surface area contributed by atoms with Gasteiger partial charge < -0.3 is 25.1 Å². The van der Waals surface area contributed by atoms with Gasteiger partial charge in [0.2, 0.25) is 5.91 Å². The number of benzene rings is 2. The van der Waals surface area contributed by atoms with Crippen LogP contribution in [0.1, 0.15) is 57.7 Å². The zero-order chi connectivity index (χ0) is 33.8. The Bertz CT molecular complexity index is 1640. The molecular formula is C34H38Cl2FN5O4S. The summed E-state index contributed by atoms with van der Waals surface area (Å²) in [4.78, 5) is 51.0. The molecular weight excluding hydrogens is 664 g/mol. The normalized spacial score (nSPS) is 28.7. The van der Waals surface area contributed by atoms with Crippen LogP contribution in [-0.2, 0) is 15.1 Å². The minimum absolute atomic E-state index is 0.0599. The van der Waals surface area contributed by atoms with E-state index >= 15 is 0 Å². The van der Waals surface area contributed by atoms with E-state index in [1.807, 2.05) is 55.5 Å². The number of nitrogens with one attached hydrogen (secondary N) is 1. The molecule has 0 unspecified atom stereocenters. The average Bonchev–Trinajstić information content (AvgIpc) is 3.77. The topological polar surface area (TPSA) is 106 Å². The number of likely N-dealkylation sites (tertiary alicyclic amines) is 2. The molecule has 2 aromatic rings. The molecule has 2 N–H and O–H groups in total. The predicted molar refractivity (Wildman–Crippen MR) is 182 cm³/mol. The number of hydrogen-bond donors (Lipinski definition) is 2. The van der Waals surface area contributed by atoms with Crippen molar-refractivity contribution in [3.63, 3.8) is 0 Å². The van der Waals surface area contributed by atoms with E-state index in [1.165, 1.54) is 16.7 Å². The first-order valence-electron chi connectivity index (χ1n) is 15.8. The van der Waals surface area contributed by atoms with E-state index in [0.29, 0.717) is 33.0 Å². The summed E-state index contributed by atoms with van der Waals surface area (Å²) in [7, 11) is 0. The summed E-state index contributed by atoms with van der Waals surface area (Å²) in [6.45, 7) is 7.55. The smallest absolute Gasteiger partial charge is 0.404 e. The van der Waals surface area contributed by atoms with Crippen molar-refractivity contribution in [3.05, 3.63) is 80.3 Å². The minimum Gasteiger partial charge on any atom is -0.465 e. The second kappa shape index (κ2) is 13.0. The van der Waals surface area contributed by atoms with Gasteiger partial charge in [0.25, 0.3) is 5.91 Å². The van der Waals surface area contributed by atoms with E-state index in [4.69, 9.17) is 28.2 Å². The van der Waals surface area contributed by atoms with Gasteiger partial charge in [-0.3, -0.25) is 14.0 Å². The van der Waals surface area contributed by atoms with Crippen molar-refractivity contribution in [2.75, 3.05) is 19.8 Å². The fourth-order valence-corrected chi connectivity index (χ4v) is 9.09. The molecule has 0 saturated carbocycles. The maximum absolute atomic E-state index is 14.6. The van der Waals surface area contributed by atoms with E-state index in [1.54, 1.807) is 4.90 Å². The number of hydrogen-bond acceptors (Lipinski definition) is 6. The first-order chi connectivity index (χ1) is 22.3. The lowest BCUT2D eigenvalue weighted by atomic mass is 9.81. The van der Waals surface area contributed by atoms with Crippen LogP contribution in [0.4, 0.5) is 9.18 Å². The number of nitrogens with zero attached hydrogens (tertiary/aromatic N) is 4. The summed E-state index contributed by atoms with van der Waals surface area (Å²) in [5.74, 6) is -1.21. The Morgan fingerprint density at radius 2 is 1.70 bits per heavy atom. The van der Waals surface area contributed by atoms with Crippen molar-refractivity contribution in [1.82, 2.24) is 20.0 Å². The van der Waals surface area contributed by atoms with Crippen LogP contribution in [0.2, 0.25) is 10.0 Å². The molecule has 4 heterocycles. The van der Waals surface area contributed by atoms with Crippen molar-refractivity contribution in [3.8, 4) is 0 Å². The third-order valence-electron chi connectivity index (χ3n) is 9.81. The number of fused-ring (bicyclic) bond motifs is 1. The van der Waals surface area contributed by atoms with Crippen molar-refractivity contribution in [2.24, 2.45) is 16.8 Å². The lowest BCUT2D eigenvalue weighted by Gasteiger charge is -2.37. The molecule has 9 nitrogen and oxygen atoms in total. The molecule has 3 amide bonds. The highest BCUT2D eigenvalue weighted by Gasteiger charge is 2.54. The molecule has 2 saturated heterocycles. The molecule has 0 aliphatic carbocycles. The summed E-state index contributed by atoms with van der Waals surface area (Å²) in [6.07, 6.45) is -0.143. The number of thioether (sulfide) groups is 1. The Morgan fingerprint density at radius 3 is 2.30 bits per heavy atom. The van der Waals surface area contributed by atoms with Gasteiger partial charge in [0.05, 0.1) is 18.8 Å². The SMILES string of the molecule is CC(C)C1=C(C(=O)N2[C@H](C)CC[C@H]2C(=O)N2C[C@@H](CF)[C@H](NC(=O)O)C2)SC2=N[C@@](C)(c3ccc(Cl)cc3)[C@@H](c3ccc(Cl)cc3)N21. The van der Waals surface area contributed by atoms with Crippen LogP contribution < -0.4 is 5.32 Å². The number of amidine groups is 1. The van der Waals surface area contributed by atoms with Gasteiger partial charge in [0.15, 0.2) is 5.17 Å². The van der Waals surface area contributed by atoms with E-state index in [-0.39, 0.29) is 42.9 Å². The Kier molecular flexibility index (Phi) is 9.28. The van der Waals surface area contributed by atoms with Gasteiger partial charge in [0.1, 0.15) is 16.5 Å². The van der Waals surface area contributed by atoms with Crippen molar-refractivity contribution in [2.45, 2.75) is 70.2 Å². The fraction of sp³-hybridized carbons (Fsp3) is 0.471. The second-order valence-electron chi connectivity index (χ2n) is 13.2. The van der Waals surface area contributed by atoms with E-state index in [2.05, 4.69) is 31.0 Å². The Labute approximate surface area is 288 Å².